The Morgan fingerprint density at radius 3 is 2.75 bits per heavy atom. The maximum Gasteiger partial charge on any atom is 0.260 e. The fraction of sp³-hybridized carbons (Fsp3) is 0.385. The van der Waals surface area contributed by atoms with Gasteiger partial charge in [-0.15, -0.1) is 0 Å². The van der Waals surface area contributed by atoms with Crippen molar-refractivity contribution in [2.75, 3.05) is 32.9 Å². The van der Waals surface area contributed by atoms with Crippen LogP contribution in [0.5, 0.6) is 5.75 Å². The van der Waals surface area contributed by atoms with E-state index in [2.05, 4.69) is 0 Å². The standard InChI is InChI=1S/C13H15ClN2O3S/c14-11-7-9(1-2-10(11)13(15)20)19-8-12(17)16-3-5-18-6-4-16/h1-2,7H,3-6,8H2,(H2,15,20). The van der Waals surface area contributed by atoms with Crippen molar-refractivity contribution in [2.45, 2.75) is 0 Å². The van der Waals surface area contributed by atoms with Crippen molar-refractivity contribution in [3.8, 4) is 5.75 Å². The molecule has 7 heteroatoms. The molecule has 1 aromatic carbocycles. The first-order valence-electron chi connectivity index (χ1n) is 6.15. The number of nitrogens with zero attached hydrogens (tertiary/aromatic N) is 1. The number of thiocarbonyl (C=S) groups is 1. The van der Waals surface area contributed by atoms with Crippen molar-refractivity contribution in [1.82, 2.24) is 4.90 Å². The lowest BCUT2D eigenvalue weighted by molar-refractivity contribution is -0.137. The molecular weight excluding hydrogens is 300 g/mol. The molecule has 0 saturated carbocycles. The molecule has 1 aliphatic heterocycles. The van der Waals surface area contributed by atoms with E-state index in [-0.39, 0.29) is 17.5 Å². The van der Waals surface area contributed by atoms with Gasteiger partial charge in [-0.05, 0) is 18.2 Å². The van der Waals surface area contributed by atoms with Crippen molar-refractivity contribution in [1.29, 1.82) is 0 Å². The zero-order valence-corrected chi connectivity index (χ0v) is 12.4. The molecule has 1 heterocycles. The van der Waals surface area contributed by atoms with Crippen LogP contribution in [0.25, 0.3) is 0 Å². The number of amides is 1. The Bertz CT molecular complexity index is 518. The summed E-state index contributed by atoms with van der Waals surface area (Å²) in [5.74, 6) is 0.444. The fourth-order valence-electron chi connectivity index (χ4n) is 1.83. The van der Waals surface area contributed by atoms with E-state index < -0.39 is 0 Å². The van der Waals surface area contributed by atoms with Crippen LogP contribution in [0.15, 0.2) is 18.2 Å². The number of carbonyl (C=O) groups excluding carboxylic acids is 1. The average molecular weight is 315 g/mol. The third-order valence-electron chi connectivity index (χ3n) is 2.93. The number of hydrogen-bond donors (Lipinski definition) is 1. The highest BCUT2D eigenvalue weighted by Gasteiger charge is 2.17. The second kappa shape index (κ2) is 6.88. The van der Waals surface area contributed by atoms with Crippen LogP contribution in [0.2, 0.25) is 5.02 Å². The molecule has 0 unspecified atom stereocenters. The maximum atomic E-state index is 11.9. The van der Waals surface area contributed by atoms with Gasteiger partial charge in [0, 0.05) is 18.7 Å². The molecule has 108 valence electrons. The van der Waals surface area contributed by atoms with Crippen LogP contribution < -0.4 is 10.5 Å². The van der Waals surface area contributed by atoms with Gasteiger partial charge in [0.2, 0.25) is 0 Å². The van der Waals surface area contributed by atoms with E-state index in [0.717, 1.165) is 0 Å². The van der Waals surface area contributed by atoms with Gasteiger partial charge in [-0.25, -0.2) is 0 Å². The number of hydrogen-bond acceptors (Lipinski definition) is 4. The predicted molar refractivity (Wildman–Crippen MR) is 80.2 cm³/mol. The van der Waals surface area contributed by atoms with Gasteiger partial charge in [0.15, 0.2) is 6.61 Å². The SMILES string of the molecule is NC(=S)c1ccc(OCC(=O)N2CCOCC2)cc1Cl. The fourth-order valence-corrected chi connectivity index (χ4v) is 2.34. The summed E-state index contributed by atoms with van der Waals surface area (Å²) in [6, 6.07) is 4.97. The maximum absolute atomic E-state index is 11.9. The quantitative estimate of drug-likeness (QED) is 0.846. The number of rotatable bonds is 4. The van der Waals surface area contributed by atoms with Crippen molar-refractivity contribution < 1.29 is 14.3 Å². The monoisotopic (exact) mass is 314 g/mol. The van der Waals surface area contributed by atoms with Crippen molar-refractivity contribution in [3.05, 3.63) is 28.8 Å². The molecule has 1 aliphatic rings. The number of morpholine rings is 1. The number of ether oxygens (including phenoxy) is 2. The van der Waals surface area contributed by atoms with E-state index in [0.29, 0.717) is 42.6 Å². The molecule has 5 nitrogen and oxygen atoms in total. The third kappa shape index (κ3) is 3.82. The first-order chi connectivity index (χ1) is 9.58. The highest BCUT2D eigenvalue weighted by Crippen LogP contribution is 2.22. The summed E-state index contributed by atoms with van der Waals surface area (Å²) in [4.78, 5) is 13.8. The molecule has 1 amide bonds. The molecular formula is C13H15ClN2O3S. The summed E-state index contributed by atoms with van der Waals surface area (Å²) < 4.78 is 10.6. The number of halogens is 1. The van der Waals surface area contributed by atoms with Crippen LogP contribution in [-0.4, -0.2) is 48.7 Å². The van der Waals surface area contributed by atoms with Gasteiger partial charge in [0.25, 0.3) is 5.91 Å². The summed E-state index contributed by atoms with van der Waals surface area (Å²) in [6.45, 7) is 2.32. The molecule has 1 aromatic rings. The molecule has 1 saturated heterocycles. The molecule has 20 heavy (non-hydrogen) atoms. The van der Waals surface area contributed by atoms with Crippen LogP contribution in [-0.2, 0) is 9.53 Å². The van der Waals surface area contributed by atoms with E-state index in [9.17, 15) is 4.79 Å². The van der Waals surface area contributed by atoms with E-state index >= 15 is 0 Å². The molecule has 0 bridgehead atoms. The molecule has 2 N–H and O–H groups in total. The predicted octanol–water partition coefficient (Wildman–Crippen LogP) is 1.21. The summed E-state index contributed by atoms with van der Waals surface area (Å²) in [5, 5.41) is 0.411. The first-order valence-corrected chi connectivity index (χ1v) is 6.94. The van der Waals surface area contributed by atoms with Crippen LogP contribution in [0.1, 0.15) is 5.56 Å². The zero-order chi connectivity index (χ0) is 14.5. The second-order valence-electron chi connectivity index (χ2n) is 4.29. The van der Waals surface area contributed by atoms with Crippen LogP contribution in [0.3, 0.4) is 0 Å². The van der Waals surface area contributed by atoms with E-state index in [4.69, 9.17) is 39.0 Å². The lowest BCUT2D eigenvalue weighted by atomic mass is 10.2. The molecule has 0 radical (unpaired) electrons. The molecule has 0 aliphatic carbocycles. The Morgan fingerprint density at radius 2 is 2.15 bits per heavy atom. The number of benzene rings is 1. The minimum absolute atomic E-state index is 0.0251. The Kier molecular flexibility index (Phi) is 5.17. The van der Waals surface area contributed by atoms with Crippen molar-refractivity contribution in [3.63, 3.8) is 0 Å². The zero-order valence-electron chi connectivity index (χ0n) is 10.8. The molecule has 1 fully saturated rings. The van der Waals surface area contributed by atoms with Crippen molar-refractivity contribution in [2.24, 2.45) is 5.73 Å². The van der Waals surface area contributed by atoms with Gasteiger partial charge < -0.3 is 20.1 Å². The summed E-state index contributed by atoms with van der Waals surface area (Å²) in [7, 11) is 0. The van der Waals surface area contributed by atoms with Crippen LogP contribution in [0, 0.1) is 0 Å². The summed E-state index contributed by atoms with van der Waals surface area (Å²) >= 11 is 10.9. The van der Waals surface area contributed by atoms with Gasteiger partial charge in [-0.2, -0.15) is 0 Å². The number of carbonyl (C=O) groups is 1. The second-order valence-corrected chi connectivity index (χ2v) is 5.13. The minimum Gasteiger partial charge on any atom is -0.484 e. The van der Waals surface area contributed by atoms with Crippen LogP contribution >= 0.6 is 23.8 Å². The molecule has 0 aromatic heterocycles. The van der Waals surface area contributed by atoms with Gasteiger partial charge in [0.05, 0.1) is 18.2 Å². The summed E-state index contributed by atoms with van der Waals surface area (Å²) in [6.07, 6.45) is 0. The normalized spacial score (nSPS) is 14.9. The third-order valence-corrected chi connectivity index (χ3v) is 3.46. The molecule has 0 spiro atoms. The lowest BCUT2D eigenvalue weighted by Gasteiger charge is -2.26. The average Bonchev–Trinajstić information content (AvgIpc) is 2.45. The van der Waals surface area contributed by atoms with Gasteiger partial charge in [-0.1, -0.05) is 23.8 Å². The van der Waals surface area contributed by atoms with E-state index in [1.165, 1.54) is 0 Å². The highest BCUT2D eigenvalue weighted by molar-refractivity contribution is 7.80. The Hall–Kier alpha value is -1.37. The largest absolute Gasteiger partial charge is 0.484 e. The van der Waals surface area contributed by atoms with Gasteiger partial charge in [-0.3, -0.25) is 4.79 Å². The first kappa shape index (κ1) is 15.0. The Balaban J connectivity index is 1.92. The topological polar surface area (TPSA) is 64.8 Å². The number of nitrogens with two attached hydrogens (primary N) is 1. The Labute approximate surface area is 127 Å². The minimum atomic E-state index is -0.0668. The van der Waals surface area contributed by atoms with Gasteiger partial charge >= 0.3 is 0 Å². The van der Waals surface area contributed by atoms with Crippen LogP contribution in [0.4, 0.5) is 0 Å². The van der Waals surface area contributed by atoms with Crippen molar-refractivity contribution >= 4 is 34.7 Å². The summed E-state index contributed by atoms with van der Waals surface area (Å²) in [5.41, 5.74) is 6.11. The molecule has 2 rings (SSSR count). The highest BCUT2D eigenvalue weighted by atomic mass is 35.5. The lowest BCUT2D eigenvalue weighted by Crippen LogP contribution is -2.42. The molecule has 0 atom stereocenters. The smallest absolute Gasteiger partial charge is 0.260 e. The van der Waals surface area contributed by atoms with E-state index in [1.807, 2.05) is 0 Å². The van der Waals surface area contributed by atoms with E-state index in [1.54, 1.807) is 23.1 Å². The Morgan fingerprint density at radius 1 is 1.45 bits per heavy atom. The van der Waals surface area contributed by atoms with Gasteiger partial charge in [0.1, 0.15) is 10.7 Å².